The maximum Gasteiger partial charge on any atom is 0.325 e. The van der Waals surface area contributed by atoms with E-state index in [1.54, 1.807) is 6.08 Å². The van der Waals surface area contributed by atoms with E-state index in [1.165, 1.54) is 6.92 Å². The van der Waals surface area contributed by atoms with Crippen molar-refractivity contribution < 1.29 is 14.7 Å². The molecule has 0 bridgehead atoms. The van der Waals surface area contributed by atoms with Gasteiger partial charge in [-0.3, -0.25) is 4.79 Å². The van der Waals surface area contributed by atoms with Gasteiger partial charge in [0.25, 0.3) is 0 Å². The van der Waals surface area contributed by atoms with Gasteiger partial charge in [-0.25, -0.2) is 4.79 Å². The summed E-state index contributed by atoms with van der Waals surface area (Å²) in [5.74, 6) is -1.06. The predicted molar refractivity (Wildman–Crippen MR) is 69.1 cm³/mol. The fraction of sp³-hybridized carbons (Fsp3) is 0.231. The smallest absolute Gasteiger partial charge is 0.325 e. The Bertz CT molecular complexity index is 429. The highest BCUT2D eigenvalue weighted by Gasteiger charge is 2.12. The molecule has 0 aliphatic heterocycles. The number of amides is 2. The summed E-state index contributed by atoms with van der Waals surface area (Å²) in [7, 11) is 0. The van der Waals surface area contributed by atoms with Gasteiger partial charge in [0.05, 0.1) is 0 Å². The van der Waals surface area contributed by atoms with Crippen LogP contribution in [0.5, 0.6) is 0 Å². The van der Waals surface area contributed by atoms with E-state index >= 15 is 0 Å². The van der Waals surface area contributed by atoms with Crippen LogP contribution < -0.4 is 10.6 Å². The zero-order valence-corrected chi connectivity index (χ0v) is 10.1. The predicted octanol–water partition coefficient (Wildman–Crippen LogP) is 1.47. The first-order valence-corrected chi connectivity index (χ1v) is 5.58. The zero-order chi connectivity index (χ0) is 13.4. The van der Waals surface area contributed by atoms with Crippen molar-refractivity contribution >= 4 is 18.1 Å². The van der Waals surface area contributed by atoms with Gasteiger partial charge in [0.1, 0.15) is 6.04 Å². The highest BCUT2D eigenvalue weighted by molar-refractivity contribution is 5.82. The second-order valence-corrected chi connectivity index (χ2v) is 3.73. The summed E-state index contributed by atoms with van der Waals surface area (Å²) in [6, 6.07) is 8.27. The van der Waals surface area contributed by atoms with E-state index in [0.717, 1.165) is 5.56 Å². The van der Waals surface area contributed by atoms with Crippen molar-refractivity contribution in [3.05, 3.63) is 42.0 Å². The van der Waals surface area contributed by atoms with Gasteiger partial charge in [-0.1, -0.05) is 42.5 Å². The molecule has 0 saturated heterocycles. The van der Waals surface area contributed by atoms with E-state index in [-0.39, 0.29) is 0 Å². The van der Waals surface area contributed by atoms with Crippen molar-refractivity contribution in [1.29, 1.82) is 0 Å². The molecule has 1 atom stereocenters. The molecule has 18 heavy (non-hydrogen) atoms. The van der Waals surface area contributed by atoms with Gasteiger partial charge in [0.2, 0.25) is 0 Å². The van der Waals surface area contributed by atoms with Crippen LogP contribution in [0.4, 0.5) is 4.79 Å². The second kappa shape index (κ2) is 7.11. The third-order valence-electron chi connectivity index (χ3n) is 2.21. The molecule has 1 aromatic carbocycles. The Balaban J connectivity index is 2.28. The first-order valence-electron chi connectivity index (χ1n) is 5.58. The first-order chi connectivity index (χ1) is 8.59. The Kier molecular flexibility index (Phi) is 5.44. The van der Waals surface area contributed by atoms with E-state index in [1.807, 2.05) is 36.4 Å². The molecule has 0 saturated carbocycles. The van der Waals surface area contributed by atoms with Gasteiger partial charge in [0.15, 0.2) is 0 Å². The summed E-state index contributed by atoms with van der Waals surface area (Å²) in [5, 5.41) is 13.4. The monoisotopic (exact) mass is 248 g/mol. The number of carboxylic acids is 1. The lowest BCUT2D eigenvalue weighted by Gasteiger charge is -2.09. The van der Waals surface area contributed by atoms with Crippen LogP contribution in [-0.2, 0) is 4.79 Å². The van der Waals surface area contributed by atoms with Gasteiger partial charge in [0, 0.05) is 6.54 Å². The number of hydrogen-bond donors (Lipinski definition) is 3. The number of rotatable bonds is 5. The molecule has 5 heteroatoms. The molecule has 0 aliphatic rings. The quantitative estimate of drug-likeness (QED) is 0.738. The minimum absolute atomic E-state index is 0.340. The first kappa shape index (κ1) is 13.8. The van der Waals surface area contributed by atoms with Gasteiger partial charge in [-0.2, -0.15) is 0 Å². The SMILES string of the molecule is CC(NC(=O)NC/C=C/c1ccccc1)C(=O)O. The van der Waals surface area contributed by atoms with Crippen molar-refractivity contribution in [2.24, 2.45) is 0 Å². The molecule has 0 aromatic heterocycles. The topological polar surface area (TPSA) is 78.4 Å². The number of carbonyl (C=O) groups is 2. The molecule has 0 aliphatic carbocycles. The largest absolute Gasteiger partial charge is 0.480 e. The van der Waals surface area contributed by atoms with Crippen LogP contribution in [-0.4, -0.2) is 29.7 Å². The fourth-order valence-electron chi connectivity index (χ4n) is 1.22. The van der Waals surface area contributed by atoms with Crippen molar-refractivity contribution in [3.8, 4) is 0 Å². The third kappa shape index (κ3) is 5.16. The van der Waals surface area contributed by atoms with Crippen LogP contribution >= 0.6 is 0 Å². The van der Waals surface area contributed by atoms with Crippen molar-refractivity contribution in [1.82, 2.24) is 10.6 Å². The summed E-state index contributed by atoms with van der Waals surface area (Å²) in [6.45, 7) is 1.74. The normalized spacial score (nSPS) is 12.1. The Morgan fingerprint density at radius 2 is 2.00 bits per heavy atom. The van der Waals surface area contributed by atoms with Gasteiger partial charge in [-0.15, -0.1) is 0 Å². The zero-order valence-electron chi connectivity index (χ0n) is 10.1. The summed E-state index contributed by atoms with van der Waals surface area (Å²) in [6.07, 6.45) is 3.67. The highest BCUT2D eigenvalue weighted by Crippen LogP contribution is 1.99. The van der Waals surface area contributed by atoms with Crippen LogP contribution in [0.15, 0.2) is 36.4 Å². The molecule has 0 radical (unpaired) electrons. The number of urea groups is 1. The summed E-state index contributed by atoms with van der Waals surface area (Å²) < 4.78 is 0. The number of benzene rings is 1. The molecule has 2 amide bonds. The highest BCUT2D eigenvalue weighted by atomic mass is 16.4. The van der Waals surface area contributed by atoms with Crippen molar-refractivity contribution in [3.63, 3.8) is 0 Å². The molecule has 5 nitrogen and oxygen atoms in total. The van der Waals surface area contributed by atoms with Crippen molar-refractivity contribution in [2.75, 3.05) is 6.54 Å². The molecular weight excluding hydrogens is 232 g/mol. The summed E-state index contributed by atoms with van der Waals surface area (Å²) in [4.78, 5) is 21.7. The van der Waals surface area contributed by atoms with E-state index in [9.17, 15) is 9.59 Å². The lowest BCUT2D eigenvalue weighted by atomic mass is 10.2. The molecule has 3 N–H and O–H groups in total. The average Bonchev–Trinajstić information content (AvgIpc) is 2.35. The fourth-order valence-corrected chi connectivity index (χ4v) is 1.22. The minimum atomic E-state index is -1.06. The van der Waals surface area contributed by atoms with Crippen LogP contribution in [0.1, 0.15) is 12.5 Å². The van der Waals surface area contributed by atoms with Gasteiger partial charge < -0.3 is 15.7 Å². The lowest BCUT2D eigenvalue weighted by molar-refractivity contribution is -0.138. The average molecular weight is 248 g/mol. The van der Waals surface area contributed by atoms with E-state index < -0.39 is 18.0 Å². The van der Waals surface area contributed by atoms with Crippen LogP contribution in [0, 0.1) is 0 Å². The molecule has 1 unspecified atom stereocenters. The molecule has 1 rings (SSSR count). The molecule has 0 spiro atoms. The van der Waals surface area contributed by atoms with Gasteiger partial charge >= 0.3 is 12.0 Å². The Morgan fingerprint density at radius 1 is 1.33 bits per heavy atom. The Morgan fingerprint density at radius 3 is 2.61 bits per heavy atom. The molecule has 0 heterocycles. The summed E-state index contributed by atoms with van der Waals surface area (Å²) in [5.41, 5.74) is 1.04. The Labute approximate surface area is 106 Å². The maximum atomic E-state index is 11.2. The van der Waals surface area contributed by atoms with Crippen LogP contribution in [0.25, 0.3) is 6.08 Å². The maximum absolute atomic E-state index is 11.2. The number of carbonyl (C=O) groups excluding carboxylic acids is 1. The van der Waals surface area contributed by atoms with Crippen molar-refractivity contribution in [2.45, 2.75) is 13.0 Å². The second-order valence-electron chi connectivity index (χ2n) is 3.73. The molecule has 1 aromatic rings. The summed E-state index contributed by atoms with van der Waals surface area (Å²) >= 11 is 0. The van der Waals surface area contributed by atoms with Crippen LogP contribution in [0.2, 0.25) is 0 Å². The van der Waals surface area contributed by atoms with E-state index in [4.69, 9.17) is 5.11 Å². The van der Waals surface area contributed by atoms with E-state index in [0.29, 0.717) is 6.54 Å². The number of aliphatic carboxylic acids is 1. The van der Waals surface area contributed by atoms with E-state index in [2.05, 4.69) is 10.6 Å². The number of nitrogens with one attached hydrogen (secondary N) is 2. The lowest BCUT2D eigenvalue weighted by Crippen LogP contribution is -2.44. The molecule has 0 fully saturated rings. The number of carboxylic acid groups (broad SMARTS) is 1. The standard InChI is InChI=1S/C13H16N2O3/c1-10(12(16)17)15-13(18)14-9-5-8-11-6-3-2-4-7-11/h2-8,10H,9H2,1H3,(H,16,17)(H2,14,15,18)/b8-5+. The molecule has 96 valence electrons. The Hall–Kier alpha value is -2.30. The minimum Gasteiger partial charge on any atom is -0.480 e. The van der Waals surface area contributed by atoms with Gasteiger partial charge in [-0.05, 0) is 12.5 Å². The van der Waals surface area contributed by atoms with Crippen LogP contribution in [0.3, 0.4) is 0 Å². The third-order valence-corrected chi connectivity index (χ3v) is 2.21. The number of hydrogen-bond acceptors (Lipinski definition) is 2. The molecular formula is C13H16N2O3.